The molecule has 1 fully saturated rings. The van der Waals surface area contributed by atoms with Crippen LogP contribution in [0.4, 0.5) is 0 Å². The molecule has 5 heteroatoms. The Labute approximate surface area is 118 Å². The first-order valence-corrected chi connectivity index (χ1v) is 7.75. The number of rotatable bonds is 5. The van der Waals surface area contributed by atoms with Crippen molar-refractivity contribution in [3.8, 4) is 0 Å². The molecule has 0 aliphatic carbocycles. The van der Waals surface area contributed by atoms with Crippen molar-refractivity contribution < 1.29 is 9.90 Å². The van der Waals surface area contributed by atoms with Crippen molar-refractivity contribution in [2.24, 2.45) is 5.92 Å². The normalized spacial score (nSPS) is 20.9. The molecule has 2 rings (SSSR count). The van der Waals surface area contributed by atoms with Gasteiger partial charge in [0.25, 0.3) is 0 Å². The number of aliphatic carboxylic acids is 1. The molecule has 1 aromatic rings. The van der Waals surface area contributed by atoms with Gasteiger partial charge in [0, 0.05) is 30.1 Å². The molecule has 1 atom stereocenters. The number of piperidine rings is 1. The second-order valence-corrected chi connectivity index (χ2v) is 6.79. The third-order valence-electron chi connectivity index (χ3n) is 3.67. The fourth-order valence-corrected chi connectivity index (χ4v) is 3.68. The summed E-state index contributed by atoms with van der Waals surface area (Å²) in [5.41, 5.74) is 0. The van der Waals surface area contributed by atoms with E-state index in [0.717, 1.165) is 22.9 Å². The topological polar surface area (TPSA) is 53.4 Å². The van der Waals surface area contributed by atoms with E-state index in [2.05, 4.69) is 23.7 Å². The highest BCUT2D eigenvalue weighted by atomic mass is 32.1. The summed E-state index contributed by atoms with van der Waals surface area (Å²) in [6, 6.07) is 0.613. The summed E-state index contributed by atoms with van der Waals surface area (Å²) < 4.78 is 0. The zero-order valence-corrected chi connectivity index (χ0v) is 12.4. The Morgan fingerprint density at radius 1 is 1.63 bits per heavy atom. The first-order chi connectivity index (χ1) is 9.04. The van der Waals surface area contributed by atoms with Gasteiger partial charge in [0.05, 0.1) is 11.4 Å². The molecule has 0 bridgehead atoms. The van der Waals surface area contributed by atoms with Crippen molar-refractivity contribution in [2.75, 3.05) is 13.1 Å². The fourth-order valence-electron chi connectivity index (χ4n) is 2.65. The van der Waals surface area contributed by atoms with Gasteiger partial charge >= 0.3 is 5.97 Å². The maximum Gasteiger partial charge on any atom is 0.308 e. The minimum absolute atomic E-state index is 0.0977. The maximum absolute atomic E-state index is 10.7. The van der Waals surface area contributed by atoms with Gasteiger partial charge < -0.3 is 10.0 Å². The molecule has 106 valence electrons. The Bertz CT molecular complexity index is 431. The molecule has 4 nitrogen and oxygen atoms in total. The van der Waals surface area contributed by atoms with Crippen molar-refractivity contribution in [3.05, 3.63) is 16.1 Å². The molecule has 0 amide bonds. The quantitative estimate of drug-likeness (QED) is 0.901. The largest absolute Gasteiger partial charge is 0.481 e. The van der Waals surface area contributed by atoms with E-state index in [4.69, 9.17) is 5.11 Å². The molecular weight excluding hydrogens is 260 g/mol. The lowest BCUT2D eigenvalue weighted by atomic mass is 9.94. The number of aromatic nitrogens is 1. The Morgan fingerprint density at radius 3 is 3.11 bits per heavy atom. The Balaban J connectivity index is 1.89. The van der Waals surface area contributed by atoms with Crippen molar-refractivity contribution in [1.82, 2.24) is 9.88 Å². The summed E-state index contributed by atoms with van der Waals surface area (Å²) in [4.78, 5) is 18.4. The van der Waals surface area contributed by atoms with Gasteiger partial charge in [0.2, 0.25) is 0 Å². The van der Waals surface area contributed by atoms with Crippen LogP contribution < -0.4 is 0 Å². The zero-order chi connectivity index (χ0) is 13.8. The fraction of sp³-hybridized carbons (Fsp3) is 0.714. The van der Waals surface area contributed by atoms with Crippen molar-refractivity contribution in [2.45, 2.75) is 45.6 Å². The van der Waals surface area contributed by atoms with Gasteiger partial charge in [0.1, 0.15) is 0 Å². The van der Waals surface area contributed by atoms with Crippen LogP contribution in [0.25, 0.3) is 0 Å². The lowest BCUT2D eigenvalue weighted by Gasteiger charge is -2.35. The molecular formula is C14H22N2O2S. The number of thiazole rings is 1. The van der Waals surface area contributed by atoms with E-state index in [9.17, 15) is 4.79 Å². The molecule has 2 heterocycles. The van der Waals surface area contributed by atoms with Gasteiger partial charge in [-0.2, -0.15) is 0 Å². The van der Waals surface area contributed by atoms with Crippen LogP contribution in [-0.2, 0) is 17.6 Å². The number of carbonyl (C=O) groups is 1. The van der Waals surface area contributed by atoms with Crippen LogP contribution in [0.2, 0.25) is 0 Å². The molecule has 1 saturated heterocycles. The molecule has 0 saturated carbocycles. The summed E-state index contributed by atoms with van der Waals surface area (Å²) in [5.74, 6) is -0.112. The minimum atomic E-state index is -0.779. The summed E-state index contributed by atoms with van der Waals surface area (Å²) >= 11 is 1.55. The molecule has 1 aliphatic rings. The smallest absolute Gasteiger partial charge is 0.308 e. The highest BCUT2D eigenvalue weighted by molar-refractivity contribution is 7.11. The Morgan fingerprint density at radius 2 is 2.42 bits per heavy atom. The first-order valence-electron chi connectivity index (χ1n) is 6.94. The molecule has 1 aromatic heterocycles. The summed E-state index contributed by atoms with van der Waals surface area (Å²) in [5, 5.41) is 9.86. The molecule has 1 unspecified atom stereocenters. The molecule has 0 aromatic carbocycles. The Hall–Kier alpha value is -0.940. The van der Waals surface area contributed by atoms with E-state index >= 15 is 0 Å². The number of carboxylic acids is 1. The third kappa shape index (κ3) is 4.28. The third-order valence-corrected chi connectivity index (χ3v) is 4.69. The van der Waals surface area contributed by atoms with Crippen LogP contribution in [0.5, 0.6) is 0 Å². The van der Waals surface area contributed by atoms with Crippen LogP contribution >= 0.6 is 11.3 Å². The summed E-state index contributed by atoms with van der Waals surface area (Å²) in [6.07, 6.45) is 5.33. The summed E-state index contributed by atoms with van der Waals surface area (Å²) in [6.45, 7) is 6.84. The Kier molecular flexibility index (Phi) is 4.93. The van der Waals surface area contributed by atoms with Gasteiger partial charge in [-0.3, -0.25) is 4.79 Å². The number of nitrogens with zero attached hydrogens (tertiary/aromatic N) is 2. The van der Waals surface area contributed by atoms with Crippen molar-refractivity contribution in [3.63, 3.8) is 0 Å². The van der Waals surface area contributed by atoms with Gasteiger partial charge in [0.15, 0.2) is 0 Å². The highest BCUT2D eigenvalue weighted by Crippen LogP contribution is 2.24. The molecule has 1 N–H and O–H groups in total. The van der Waals surface area contributed by atoms with Gasteiger partial charge in [-0.25, -0.2) is 4.98 Å². The molecule has 19 heavy (non-hydrogen) atoms. The lowest BCUT2D eigenvalue weighted by molar-refractivity contribution is -0.136. The van der Waals surface area contributed by atoms with E-state index in [1.54, 1.807) is 17.5 Å². The zero-order valence-electron chi connectivity index (χ0n) is 11.6. The average Bonchev–Trinajstić information content (AvgIpc) is 2.76. The number of hydrogen-bond acceptors (Lipinski definition) is 4. The number of hydrogen-bond donors (Lipinski definition) is 1. The van der Waals surface area contributed by atoms with Gasteiger partial charge in [-0.1, -0.05) is 0 Å². The van der Waals surface area contributed by atoms with Crippen LogP contribution in [0, 0.1) is 5.92 Å². The van der Waals surface area contributed by atoms with E-state index in [-0.39, 0.29) is 6.42 Å². The van der Waals surface area contributed by atoms with Crippen LogP contribution in [0.1, 0.15) is 36.6 Å². The average molecular weight is 282 g/mol. The predicted molar refractivity (Wildman–Crippen MR) is 76.6 cm³/mol. The predicted octanol–water partition coefficient (Wildman–Crippen LogP) is 2.43. The summed E-state index contributed by atoms with van der Waals surface area (Å²) in [7, 11) is 0. The van der Waals surface area contributed by atoms with Crippen molar-refractivity contribution >= 4 is 17.3 Å². The van der Waals surface area contributed by atoms with Crippen LogP contribution in [0.15, 0.2) is 6.20 Å². The van der Waals surface area contributed by atoms with Crippen molar-refractivity contribution in [1.29, 1.82) is 0 Å². The second kappa shape index (κ2) is 6.48. The van der Waals surface area contributed by atoms with Gasteiger partial charge in [-0.15, -0.1) is 11.3 Å². The van der Waals surface area contributed by atoms with Crippen LogP contribution in [0.3, 0.4) is 0 Å². The van der Waals surface area contributed by atoms with E-state index in [1.165, 1.54) is 19.4 Å². The van der Waals surface area contributed by atoms with E-state index in [0.29, 0.717) is 12.0 Å². The van der Waals surface area contributed by atoms with E-state index < -0.39 is 5.97 Å². The molecule has 1 aliphatic heterocycles. The molecule has 0 radical (unpaired) electrons. The monoisotopic (exact) mass is 282 g/mol. The highest BCUT2D eigenvalue weighted by Gasteiger charge is 2.22. The maximum atomic E-state index is 10.7. The van der Waals surface area contributed by atoms with Gasteiger partial charge in [-0.05, 0) is 39.2 Å². The first kappa shape index (κ1) is 14.5. The standard InChI is InChI=1S/C14H22N2O2S/c1-10(2)16-5-3-4-11(9-16)6-13-15-8-12(19-13)7-14(17)18/h8,10-11H,3-7,9H2,1-2H3,(H,17,18). The second-order valence-electron chi connectivity index (χ2n) is 5.59. The number of likely N-dealkylation sites (tertiary alicyclic amines) is 1. The minimum Gasteiger partial charge on any atom is -0.481 e. The van der Waals surface area contributed by atoms with E-state index in [1.807, 2.05) is 0 Å². The number of carboxylic acid groups (broad SMARTS) is 1. The lowest BCUT2D eigenvalue weighted by Crippen LogP contribution is -2.40. The van der Waals surface area contributed by atoms with Crippen LogP contribution in [-0.4, -0.2) is 40.1 Å². The molecule has 0 spiro atoms. The SMILES string of the molecule is CC(C)N1CCCC(Cc2ncc(CC(=O)O)s2)C1.